The van der Waals surface area contributed by atoms with Crippen molar-refractivity contribution in [3.05, 3.63) is 91.0 Å². The average Bonchev–Trinajstić information content (AvgIpc) is 2.65. The third-order valence-corrected chi connectivity index (χ3v) is 7.69. The summed E-state index contributed by atoms with van der Waals surface area (Å²) in [6.45, 7) is 0.792. The molecule has 1 nitrogen and oxygen atoms in total. The first-order chi connectivity index (χ1) is 11.4. The Morgan fingerprint density at radius 3 is 1.29 bits per heavy atom. The van der Waals surface area contributed by atoms with Crippen molar-refractivity contribution in [1.82, 2.24) is 0 Å². The predicted octanol–water partition coefficient (Wildman–Crippen LogP) is 4.41. The second-order valence-corrected chi connectivity index (χ2v) is 8.50. The maximum Gasteiger partial charge on any atom is 0.0497 e. The van der Waals surface area contributed by atoms with E-state index in [1.54, 1.807) is 0 Å². The topological polar surface area (TPSA) is 9.23 Å². The van der Waals surface area contributed by atoms with Crippen LogP contribution in [0.25, 0.3) is 0 Å². The largest absolute Gasteiger partial charge is 0.353 e. The van der Waals surface area contributed by atoms with Gasteiger partial charge in [-0.2, -0.15) is 0 Å². The molecule has 3 aromatic carbocycles. The predicted molar refractivity (Wildman–Crippen MR) is 110 cm³/mol. The molecule has 0 amide bonds. The maximum atomic E-state index is 5.89. The molecule has 0 saturated heterocycles. The van der Waals surface area contributed by atoms with E-state index in [1.807, 2.05) is 6.92 Å². The van der Waals surface area contributed by atoms with Gasteiger partial charge in [0.1, 0.15) is 0 Å². The van der Waals surface area contributed by atoms with E-state index < -0.39 is 6.89 Å². The summed E-state index contributed by atoms with van der Waals surface area (Å²) in [6.07, 6.45) is 0. The highest BCUT2D eigenvalue weighted by Crippen LogP contribution is 2.43. The highest BCUT2D eigenvalue weighted by atomic mass is 31.2. The van der Waals surface area contributed by atoms with Crippen molar-refractivity contribution < 1.29 is 4.74 Å². The molecule has 0 bridgehead atoms. The van der Waals surface area contributed by atoms with Crippen LogP contribution in [0.15, 0.2) is 91.0 Å². The Kier molecular flexibility index (Phi) is 6.61. The van der Waals surface area contributed by atoms with Gasteiger partial charge in [0.2, 0.25) is 0 Å². The molecule has 24 heavy (non-hydrogen) atoms. The Morgan fingerprint density at radius 1 is 0.667 bits per heavy atom. The minimum absolute atomic E-state index is 0. The molecule has 0 spiro atoms. The summed E-state index contributed by atoms with van der Waals surface area (Å²) in [5.41, 5.74) is 0. The smallest absolute Gasteiger partial charge is 0.0497 e. The molecule has 0 saturated carbocycles. The molecule has 0 heterocycles. The molecule has 0 N–H and O–H groups in total. The van der Waals surface area contributed by atoms with E-state index in [0.717, 1.165) is 0 Å². The van der Waals surface area contributed by atoms with Crippen LogP contribution in [-0.2, 0) is 4.74 Å². The molecule has 3 rings (SSSR count). The van der Waals surface area contributed by atoms with Gasteiger partial charge in [-0.05, 0) is 29.7 Å². The lowest BCUT2D eigenvalue weighted by atomic mass is 10.4. The van der Waals surface area contributed by atoms with Gasteiger partial charge in [0.15, 0.2) is 0 Å². The first-order valence-electron chi connectivity index (χ1n) is 7.89. The number of benzene rings is 3. The standard InChI is InChI=1S/C21H21OP.CH4/c1-2-22-18-23(19-12-6-3-7-13-19,20-14-8-4-9-15-20)21-16-10-5-11-17-21;/h3-18H,2H2,1H3;1H4. The molecule has 2 heteroatoms. The molecule has 0 atom stereocenters. The van der Waals surface area contributed by atoms with Gasteiger partial charge in [-0.15, -0.1) is 0 Å². The average molecular weight is 336 g/mol. The summed E-state index contributed by atoms with van der Waals surface area (Å²) in [7, 11) is 0. The Labute approximate surface area is 145 Å². The second kappa shape index (κ2) is 8.68. The van der Waals surface area contributed by atoms with Gasteiger partial charge in [0.25, 0.3) is 0 Å². The van der Waals surface area contributed by atoms with Crippen LogP contribution in [0.1, 0.15) is 14.4 Å². The van der Waals surface area contributed by atoms with Gasteiger partial charge in [0, 0.05) is 12.6 Å². The van der Waals surface area contributed by atoms with Crippen molar-refractivity contribution in [3.63, 3.8) is 0 Å². The van der Waals surface area contributed by atoms with Crippen molar-refractivity contribution in [2.75, 3.05) is 6.61 Å². The first-order valence-corrected chi connectivity index (χ1v) is 9.75. The zero-order valence-electron chi connectivity index (χ0n) is 13.3. The van der Waals surface area contributed by atoms with Crippen LogP contribution in [0.3, 0.4) is 0 Å². The number of hydrogen-bond donors (Lipinski definition) is 0. The van der Waals surface area contributed by atoms with Crippen LogP contribution in [0, 0.1) is 0 Å². The SMILES string of the molecule is C.CCOC=P(c1ccccc1)(c1ccccc1)c1ccccc1. The molecule has 3 aromatic rings. The van der Waals surface area contributed by atoms with E-state index >= 15 is 0 Å². The maximum absolute atomic E-state index is 5.89. The molecule has 0 aliphatic rings. The van der Waals surface area contributed by atoms with Gasteiger partial charge in [0.05, 0.1) is 0 Å². The molecule has 0 aliphatic carbocycles. The van der Waals surface area contributed by atoms with Crippen LogP contribution < -0.4 is 15.9 Å². The van der Waals surface area contributed by atoms with Gasteiger partial charge in [-0.25, -0.2) is 0 Å². The normalized spacial score (nSPS) is 10.7. The Bertz CT molecular complexity index is 677. The van der Waals surface area contributed by atoms with Crippen molar-refractivity contribution >= 4 is 28.8 Å². The van der Waals surface area contributed by atoms with E-state index in [9.17, 15) is 0 Å². The highest BCUT2D eigenvalue weighted by Gasteiger charge is 2.24. The molecule has 0 radical (unpaired) electrons. The summed E-state index contributed by atoms with van der Waals surface area (Å²) in [4.78, 5) is 0. The fourth-order valence-corrected chi connectivity index (χ4v) is 6.36. The molecular weight excluding hydrogens is 311 g/mol. The van der Waals surface area contributed by atoms with E-state index in [-0.39, 0.29) is 7.43 Å². The quantitative estimate of drug-likeness (QED) is 0.627. The number of ether oxygens (including phenoxy) is 1. The van der Waals surface area contributed by atoms with Crippen LogP contribution in [0.2, 0.25) is 0 Å². The number of rotatable bonds is 5. The van der Waals surface area contributed by atoms with Crippen molar-refractivity contribution in [3.8, 4) is 0 Å². The fraction of sp³-hybridized carbons (Fsp3) is 0.136. The fourth-order valence-electron chi connectivity index (χ4n) is 2.81. The van der Waals surface area contributed by atoms with Gasteiger partial charge >= 0.3 is 0 Å². The highest BCUT2D eigenvalue weighted by molar-refractivity contribution is 7.94. The summed E-state index contributed by atoms with van der Waals surface area (Å²) in [6, 6.07) is 32.1. The van der Waals surface area contributed by atoms with Crippen LogP contribution in [-0.4, -0.2) is 12.6 Å². The third-order valence-electron chi connectivity index (χ3n) is 3.89. The monoisotopic (exact) mass is 336 g/mol. The lowest BCUT2D eigenvalue weighted by Gasteiger charge is -2.28. The Hall–Kier alpha value is -2.08. The Balaban J connectivity index is 0.00000208. The molecule has 0 fully saturated rings. The van der Waals surface area contributed by atoms with Gasteiger partial charge in [-0.3, -0.25) is 0 Å². The number of hydrogen-bond acceptors (Lipinski definition) is 1. The lowest BCUT2D eigenvalue weighted by Crippen LogP contribution is -2.27. The van der Waals surface area contributed by atoms with E-state index in [1.165, 1.54) is 15.9 Å². The molecule has 0 aliphatic heterocycles. The second-order valence-electron chi connectivity index (χ2n) is 5.29. The zero-order valence-corrected chi connectivity index (χ0v) is 14.2. The van der Waals surface area contributed by atoms with Gasteiger partial charge in [-0.1, -0.05) is 98.4 Å². The minimum Gasteiger partial charge on any atom is -0.353 e. The lowest BCUT2D eigenvalue weighted by molar-refractivity contribution is 0.351. The molecule has 124 valence electrons. The van der Waals surface area contributed by atoms with E-state index in [4.69, 9.17) is 4.74 Å². The summed E-state index contributed by atoms with van der Waals surface area (Å²) >= 11 is 0. The third kappa shape index (κ3) is 3.53. The van der Waals surface area contributed by atoms with E-state index in [2.05, 4.69) is 97.0 Å². The Morgan fingerprint density at radius 2 is 1.00 bits per heavy atom. The minimum atomic E-state index is -1.92. The first kappa shape index (κ1) is 18.3. The van der Waals surface area contributed by atoms with Crippen molar-refractivity contribution in [2.24, 2.45) is 0 Å². The van der Waals surface area contributed by atoms with Crippen molar-refractivity contribution in [2.45, 2.75) is 14.4 Å². The van der Waals surface area contributed by atoms with Crippen LogP contribution >= 0.6 is 6.89 Å². The molecule has 0 unspecified atom stereocenters. The molecular formula is C22H25OP. The van der Waals surface area contributed by atoms with Crippen molar-refractivity contribution in [1.29, 1.82) is 0 Å². The summed E-state index contributed by atoms with van der Waals surface area (Å²) < 4.78 is 5.89. The summed E-state index contributed by atoms with van der Waals surface area (Å²) in [5, 5.41) is 3.93. The molecule has 0 aromatic heterocycles. The summed E-state index contributed by atoms with van der Waals surface area (Å²) in [5.74, 6) is 2.09. The van der Waals surface area contributed by atoms with Gasteiger partial charge < -0.3 is 4.74 Å². The zero-order chi connectivity index (χ0) is 16.0. The van der Waals surface area contributed by atoms with Crippen LogP contribution in [0.4, 0.5) is 0 Å². The van der Waals surface area contributed by atoms with Crippen LogP contribution in [0.5, 0.6) is 0 Å². The van der Waals surface area contributed by atoms with E-state index in [0.29, 0.717) is 6.61 Å².